The summed E-state index contributed by atoms with van der Waals surface area (Å²) in [5.41, 5.74) is 0.445. The first-order chi connectivity index (χ1) is 4.61. The third-order valence-electron chi connectivity index (χ3n) is 2.39. The average Bonchev–Trinajstić information content (AvgIpc) is 1.88. The van der Waals surface area contributed by atoms with Crippen molar-refractivity contribution < 1.29 is 4.74 Å². The third kappa shape index (κ3) is 1.98. The molecule has 60 valence electrons. The second-order valence-corrected chi connectivity index (χ2v) is 4.28. The molecule has 1 heteroatoms. The van der Waals surface area contributed by atoms with Crippen LogP contribution in [0.2, 0.25) is 0 Å². The van der Waals surface area contributed by atoms with Crippen molar-refractivity contribution in [3.8, 4) is 0 Å². The monoisotopic (exact) mass is 142 g/mol. The van der Waals surface area contributed by atoms with Crippen molar-refractivity contribution in [2.45, 2.75) is 33.6 Å². The van der Waals surface area contributed by atoms with Gasteiger partial charge in [-0.1, -0.05) is 20.8 Å². The Morgan fingerprint density at radius 2 is 2.00 bits per heavy atom. The van der Waals surface area contributed by atoms with Gasteiger partial charge in [0.2, 0.25) is 0 Å². The maximum absolute atomic E-state index is 5.41. The van der Waals surface area contributed by atoms with Gasteiger partial charge in [-0.25, -0.2) is 0 Å². The second-order valence-electron chi connectivity index (χ2n) is 4.28. The zero-order valence-corrected chi connectivity index (χ0v) is 7.31. The van der Waals surface area contributed by atoms with Crippen LogP contribution in [0.3, 0.4) is 0 Å². The molecule has 0 aromatic heterocycles. The average molecular weight is 142 g/mol. The molecule has 1 rings (SSSR count). The van der Waals surface area contributed by atoms with Gasteiger partial charge in [0.05, 0.1) is 0 Å². The van der Waals surface area contributed by atoms with E-state index in [9.17, 15) is 0 Å². The van der Waals surface area contributed by atoms with Crippen LogP contribution in [0.1, 0.15) is 33.6 Å². The molecule has 1 aliphatic rings. The molecule has 1 fully saturated rings. The highest BCUT2D eigenvalue weighted by molar-refractivity contribution is 4.75. The zero-order valence-electron chi connectivity index (χ0n) is 7.31. The van der Waals surface area contributed by atoms with Crippen LogP contribution in [0.4, 0.5) is 0 Å². The molecule has 1 heterocycles. The van der Waals surface area contributed by atoms with Gasteiger partial charge >= 0.3 is 0 Å². The van der Waals surface area contributed by atoms with Crippen LogP contribution in [-0.2, 0) is 4.74 Å². The Labute approximate surface area is 63.8 Å². The molecule has 1 aliphatic heterocycles. The van der Waals surface area contributed by atoms with Crippen molar-refractivity contribution in [3.63, 3.8) is 0 Å². The van der Waals surface area contributed by atoms with Gasteiger partial charge in [-0.15, -0.1) is 0 Å². The summed E-state index contributed by atoms with van der Waals surface area (Å²) >= 11 is 0. The Balaban J connectivity index is 2.39. The molecule has 0 unspecified atom stereocenters. The molecule has 0 aromatic rings. The van der Waals surface area contributed by atoms with Gasteiger partial charge in [-0.3, -0.25) is 0 Å². The van der Waals surface area contributed by atoms with Crippen LogP contribution in [0.25, 0.3) is 0 Å². The van der Waals surface area contributed by atoms with Gasteiger partial charge in [0.25, 0.3) is 0 Å². The first-order valence-electron chi connectivity index (χ1n) is 4.18. The smallest absolute Gasteiger partial charge is 0.0499 e. The summed E-state index contributed by atoms with van der Waals surface area (Å²) in [6, 6.07) is 0. The molecule has 0 saturated carbocycles. The minimum absolute atomic E-state index is 0.445. The lowest BCUT2D eigenvalue weighted by Gasteiger charge is -2.33. The van der Waals surface area contributed by atoms with E-state index in [0.29, 0.717) is 5.41 Å². The quantitative estimate of drug-likeness (QED) is 0.505. The topological polar surface area (TPSA) is 9.23 Å². The van der Waals surface area contributed by atoms with Gasteiger partial charge in [-0.2, -0.15) is 0 Å². The fraction of sp³-hybridized carbons (Fsp3) is 1.00. The molecular weight excluding hydrogens is 124 g/mol. The largest absolute Gasteiger partial charge is 0.381 e. The molecule has 0 N–H and O–H groups in total. The highest BCUT2D eigenvalue weighted by Gasteiger charge is 2.26. The van der Waals surface area contributed by atoms with Crippen molar-refractivity contribution in [2.24, 2.45) is 11.3 Å². The molecule has 0 spiro atoms. The van der Waals surface area contributed by atoms with Crippen molar-refractivity contribution in [3.05, 3.63) is 0 Å². The van der Waals surface area contributed by atoms with E-state index in [-0.39, 0.29) is 0 Å². The number of hydrogen-bond acceptors (Lipinski definition) is 1. The fourth-order valence-electron chi connectivity index (χ4n) is 1.42. The van der Waals surface area contributed by atoms with E-state index >= 15 is 0 Å². The van der Waals surface area contributed by atoms with Gasteiger partial charge in [0.1, 0.15) is 0 Å². The molecule has 1 atom stereocenters. The van der Waals surface area contributed by atoms with Crippen LogP contribution in [0.15, 0.2) is 0 Å². The third-order valence-corrected chi connectivity index (χ3v) is 2.39. The Kier molecular flexibility index (Phi) is 2.35. The summed E-state index contributed by atoms with van der Waals surface area (Å²) in [6.45, 7) is 8.85. The Morgan fingerprint density at radius 3 is 2.30 bits per heavy atom. The van der Waals surface area contributed by atoms with Gasteiger partial charge in [-0.05, 0) is 24.2 Å². The summed E-state index contributed by atoms with van der Waals surface area (Å²) in [6.07, 6.45) is 2.60. The lowest BCUT2D eigenvalue weighted by Crippen LogP contribution is -2.29. The van der Waals surface area contributed by atoms with Gasteiger partial charge in [0.15, 0.2) is 0 Å². The lowest BCUT2D eigenvalue weighted by atomic mass is 9.78. The predicted molar refractivity (Wildman–Crippen MR) is 43.0 cm³/mol. The first kappa shape index (κ1) is 8.06. The molecule has 0 aromatic carbocycles. The van der Waals surface area contributed by atoms with Crippen molar-refractivity contribution in [1.82, 2.24) is 0 Å². The molecule has 1 saturated heterocycles. The molecule has 0 amide bonds. The Hall–Kier alpha value is -0.0400. The number of ether oxygens (including phenoxy) is 1. The van der Waals surface area contributed by atoms with E-state index in [1.54, 1.807) is 0 Å². The minimum atomic E-state index is 0.445. The van der Waals surface area contributed by atoms with E-state index in [2.05, 4.69) is 20.8 Å². The maximum atomic E-state index is 5.41. The highest BCUT2D eigenvalue weighted by Crippen LogP contribution is 2.31. The van der Waals surface area contributed by atoms with E-state index in [1.807, 2.05) is 0 Å². The normalized spacial score (nSPS) is 28.5. The van der Waals surface area contributed by atoms with E-state index < -0.39 is 0 Å². The SMILES string of the molecule is CC(C)(C)[C@H]1CCCOC1. The molecule has 0 bridgehead atoms. The summed E-state index contributed by atoms with van der Waals surface area (Å²) < 4.78 is 5.41. The summed E-state index contributed by atoms with van der Waals surface area (Å²) in [5, 5.41) is 0. The second kappa shape index (κ2) is 2.91. The molecular formula is C9H18O. The van der Waals surface area contributed by atoms with Gasteiger partial charge < -0.3 is 4.74 Å². The Morgan fingerprint density at radius 1 is 1.30 bits per heavy atom. The first-order valence-corrected chi connectivity index (χ1v) is 4.18. The van der Waals surface area contributed by atoms with Gasteiger partial charge in [0, 0.05) is 13.2 Å². The lowest BCUT2D eigenvalue weighted by molar-refractivity contribution is 0.0103. The van der Waals surface area contributed by atoms with E-state index in [0.717, 1.165) is 19.1 Å². The standard InChI is InChI=1S/C9H18O/c1-9(2,3)8-5-4-6-10-7-8/h8H,4-7H2,1-3H3/t8-/m0/s1. The fourth-order valence-corrected chi connectivity index (χ4v) is 1.42. The van der Waals surface area contributed by atoms with Crippen molar-refractivity contribution in [2.75, 3.05) is 13.2 Å². The van der Waals surface area contributed by atoms with Crippen molar-refractivity contribution in [1.29, 1.82) is 0 Å². The molecule has 0 aliphatic carbocycles. The van der Waals surface area contributed by atoms with Crippen LogP contribution in [-0.4, -0.2) is 13.2 Å². The molecule has 0 radical (unpaired) electrons. The van der Waals surface area contributed by atoms with E-state index in [1.165, 1.54) is 12.8 Å². The van der Waals surface area contributed by atoms with E-state index in [4.69, 9.17) is 4.74 Å². The summed E-state index contributed by atoms with van der Waals surface area (Å²) in [7, 11) is 0. The summed E-state index contributed by atoms with van der Waals surface area (Å²) in [5.74, 6) is 0.779. The zero-order chi connectivity index (χ0) is 7.61. The number of hydrogen-bond donors (Lipinski definition) is 0. The van der Waals surface area contributed by atoms with Crippen LogP contribution in [0.5, 0.6) is 0 Å². The molecule has 1 nitrogen and oxygen atoms in total. The Bertz CT molecular complexity index is 95.8. The molecule has 10 heavy (non-hydrogen) atoms. The van der Waals surface area contributed by atoms with Crippen molar-refractivity contribution >= 4 is 0 Å². The van der Waals surface area contributed by atoms with Crippen LogP contribution in [0, 0.1) is 11.3 Å². The van der Waals surface area contributed by atoms with Crippen LogP contribution < -0.4 is 0 Å². The maximum Gasteiger partial charge on any atom is 0.0499 e. The summed E-state index contributed by atoms with van der Waals surface area (Å²) in [4.78, 5) is 0. The minimum Gasteiger partial charge on any atom is -0.381 e. The highest BCUT2D eigenvalue weighted by atomic mass is 16.5. The number of rotatable bonds is 0. The predicted octanol–water partition coefficient (Wildman–Crippen LogP) is 2.46. The van der Waals surface area contributed by atoms with Crippen LogP contribution >= 0.6 is 0 Å².